The molecule has 0 aliphatic heterocycles. The SMILES string of the molecule is COc1cccc(C#N)c1NS(=O)(=O)c1ccccc1N. The molecule has 0 aliphatic rings. The molecule has 0 heterocycles. The maximum atomic E-state index is 12.4. The summed E-state index contributed by atoms with van der Waals surface area (Å²) in [6.45, 7) is 0. The van der Waals surface area contributed by atoms with Crippen LogP contribution < -0.4 is 15.2 Å². The van der Waals surface area contributed by atoms with Crippen molar-refractivity contribution in [3.05, 3.63) is 48.0 Å². The number of nitrogen functional groups attached to an aromatic ring is 1. The first kappa shape index (κ1) is 14.7. The van der Waals surface area contributed by atoms with E-state index in [1.165, 1.54) is 25.3 Å². The van der Waals surface area contributed by atoms with Crippen LogP contribution in [-0.2, 0) is 10.0 Å². The summed E-state index contributed by atoms with van der Waals surface area (Å²) < 4.78 is 32.3. The lowest BCUT2D eigenvalue weighted by molar-refractivity contribution is 0.417. The molecule has 6 nitrogen and oxygen atoms in total. The van der Waals surface area contributed by atoms with Gasteiger partial charge in [0, 0.05) is 0 Å². The van der Waals surface area contributed by atoms with Crippen molar-refractivity contribution in [2.24, 2.45) is 0 Å². The second-order valence-electron chi connectivity index (χ2n) is 4.14. The molecule has 0 saturated carbocycles. The van der Waals surface area contributed by atoms with Gasteiger partial charge in [0.15, 0.2) is 0 Å². The van der Waals surface area contributed by atoms with Crippen molar-refractivity contribution in [3.8, 4) is 11.8 Å². The van der Waals surface area contributed by atoms with Crippen molar-refractivity contribution in [2.75, 3.05) is 17.6 Å². The van der Waals surface area contributed by atoms with Gasteiger partial charge in [0.2, 0.25) is 0 Å². The predicted octanol–water partition coefficient (Wildman–Crippen LogP) is 1.95. The quantitative estimate of drug-likeness (QED) is 0.840. The maximum Gasteiger partial charge on any atom is 0.264 e. The van der Waals surface area contributed by atoms with Crippen LogP contribution in [0.15, 0.2) is 47.4 Å². The van der Waals surface area contributed by atoms with Crippen LogP contribution in [0.4, 0.5) is 11.4 Å². The molecule has 21 heavy (non-hydrogen) atoms. The van der Waals surface area contributed by atoms with E-state index in [0.717, 1.165) is 0 Å². The largest absolute Gasteiger partial charge is 0.495 e. The normalized spacial score (nSPS) is 10.7. The van der Waals surface area contributed by atoms with Gasteiger partial charge in [-0.15, -0.1) is 0 Å². The number of rotatable bonds is 4. The Hall–Kier alpha value is -2.72. The van der Waals surface area contributed by atoms with Gasteiger partial charge in [0.05, 0.1) is 18.4 Å². The number of methoxy groups -OCH3 is 1. The topological polar surface area (TPSA) is 105 Å². The maximum absolute atomic E-state index is 12.4. The Bertz CT molecular complexity index is 810. The third-order valence-corrected chi connectivity index (χ3v) is 4.24. The molecule has 0 amide bonds. The van der Waals surface area contributed by atoms with Gasteiger partial charge in [-0.25, -0.2) is 8.42 Å². The molecule has 0 saturated heterocycles. The molecule has 3 N–H and O–H groups in total. The van der Waals surface area contributed by atoms with Crippen LogP contribution in [0.25, 0.3) is 0 Å². The molecule has 0 atom stereocenters. The zero-order chi connectivity index (χ0) is 15.5. The summed E-state index contributed by atoms with van der Waals surface area (Å²) in [5, 5.41) is 9.10. The van der Waals surface area contributed by atoms with E-state index in [4.69, 9.17) is 15.7 Å². The lowest BCUT2D eigenvalue weighted by atomic mass is 10.2. The number of nitrogens with two attached hydrogens (primary N) is 1. The first-order valence-electron chi connectivity index (χ1n) is 5.94. The first-order valence-corrected chi connectivity index (χ1v) is 7.42. The van der Waals surface area contributed by atoms with Gasteiger partial charge in [-0.1, -0.05) is 18.2 Å². The number of hydrogen-bond donors (Lipinski definition) is 2. The van der Waals surface area contributed by atoms with Gasteiger partial charge in [-0.2, -0.15) is 5.26 Å². The summed E-state index contributed by atoms with van der Waals surface area (Å²) in [5.74, 6) is 0.257. The number of benzene rings is 2. The zero-order valence-corrected chi connectivity index (χ0v) is 12.0. The highest BCUT2D eigenvalue weighted by atomic mass is 32.2. The molecule has 0 spiro atoms. The first-order chi connectivity index (χ1) is 9.99. The van der Waals surface area contributed by atoms with E-state index in [-0.39, 0.29) is 27.6 Å². The fourth-order valence-electron chi connectivity index (χ4n) is 1.81. The second-order valence-corrected chi connectivity index (χ2v) is 5.79. The second kappa shape index (κ2) is 5.73. The molecular formula is C14H13N3O3S. The number of ether oxygens (including phenoxy) is 1. The van der Waals surface area contributed by atoms with E-state index in [9.17, 15) is 8.42 Å². The monoisotopic (exact) mass is 303 g/mol. The molecule has 7 heteroatoms. The molecule has 0 aromatic heterocycles. The van der Waals surface area contributed by atoms with Gasteiger partial charge in [0.1, 0.15) is 22.4 Å². The molecule has 0 bridgehead atoms. The van der Waals surface area contributed by atoms with E-state index >= 15 is 0 Å². The lowest BCUT2D eigenvalue weighted by Crippen LogP contribution is -2.16. The average molecular weight is 303 g/mol. The van der Waals surface area contributed by atoms with Gasteiger partial charge in [-0.3, -0.25) is 4.72 Å². The third-order valence-electron chi connectivity index (χ3n) is 2.81. The van der Waals surface area contributed by atoms with E-state index in [1.807, 2.05) is 6.07 Å². The summed E-state index contributed by atoms with van der Waals surface area (Å²) >= 11 is 0. The standard InChI is InChI=1S/C14H13N3O3S/c1-20-12-7-4-5-10(9-15)14(12)17-21(18,19)13-8-3-2-6-11(13)16/h2-8,17H,16H2,1H3. The Labute approximate surface area is 122 Å². The van der Waals surface area contributed by atoms with Crippen molar-refractivity contribution >= 4 is 21.4 Å². The summed E-state index contributed by atoms with van der Waals surface area (Å²) in [6.07, 6.45) is 0. The minimum Gasteiger partial charge on any atom is -0.495 e. The van der Waals surface area contributed by atoms with E-state index in [0.29, 0.717) is 0 Å². The highest BCUT2D eigenvalue weighted by Crippen LogP contribution is 2.31. The molecular weight excluding hydrogens is 290 g/mol. The van der Waals surface area contributed by atoms with Gasteiger partial charge in [-0.05, 0) is 24.3 Å². The van der Waals surface area contributed by atoms with Crippen LogP contribution in [0.1, 0.15) is 5.56 Å². The smallest absolute Gasteiger partial charge is 0.264 e. The molecule has 0 aliphatic carbocycles. The van der Waals surface area contributed by atoms with Crippen molar-refractivity contribution < 1.29 is 13.2 Å². The van der Waals surface area contributed by atoms with Crippen LogP contribution in [0, 0.1) is 11.3 Å². The van der Waals surface area contributed by atoms with E-state index < -0.39 is 10.0 Å². The molecule has 0 radical (unpaired) electrons. The Morgan fingerprint density at radius 3 is 2.52 bits per heavy atom. The van der Waals surface area contributed by atoms with Crippen LogP contribution in [-0.4, -0.2) is 15.5 Å². The highest BCUT2D eigenvalue weighted by molar-refractivity contribution is 7.92. The van der Waals surface area contributed by atoms with Crippen LogP contribution in [0.2, 0.25) is 0 Å². The molecule has 0 fully saturated rings. The number of nitriles is 1. The van der Waals surface area contributed by atoms with Crippen LogP contribution >= 0.6 is 0 Å². The van der Waals surface area contributed by atoms with Crippen LogP contribution in [0.5, 0.6) is 5.75 Å². The summed E-state index contributed by atoms with van der Waals surface area (Å²) in [7, 11) is -2.52. The summed E-state index contributed by atoms with van der Waals surface area (Å²) in [6, 6.07) is 12.7. The number of anilines is 2. The molecule has 108 valence electrons. The summed E-state index contributed by atoms with van der Waals surface area (Å²) in [4.78, 5) is -0.0557. The molecule has 2 aromatic rings. The minimum atomic E-state index is -3.92. The number of para-hydroxylation sites is 2. The molecule has 2 aromatic carbocycles. The Kier molecular flexibility index (Phi) is 4.00. The van der Waals surface area contributed by atoms with Crippen molar-refractivity contribution in [2.45, 2.75) is 4.90 Å². The van der Waals surface area contributed by atoms with E-state index in [1.54, 1.807) is 24.3 Å². The van der Waals surface area contributed by atoms with Crippen molar-refractivity contribution in [1.82, 2.24) is 0 Å². The zero-order valence-electron chi connectivity index (χ0n) is 11.2. The fraction of sp³-hybridized carbons (Fsp3) is 0.0714. The minimum absolute atomic E-state index is 0.0557. The third kappa shape index (κ3) is 2.90. The van der Waals surface area contributed by atoms with Crippen molar-refractivity contribution in [3.63, 3.8) is 0 Å². The Morgan fingerprint density at radius 2 is 1.90 bits per heavy atom. The molecule has 2 rings (SSSR count). The number of sulfonamides is 1. The molecule has 0 unspecified atom stereocenters. The van der Waals surface area contributed by atoms with E-state index in [2.05, 4.69) is 4.72 Å². The Morgan fingerprint density at radius 1 is 1.19 bits per heavy atom. The van der Waals surface area contributed by atoms with Gasteiger partial charge < -0.3 is 10.5 Å². The number of hydrogen-bond acceptors (Lipinski definition) is 5. The Balaban J connectivity index is 2.52. The van der Waals surface area contributed by atoms with Gasteiger partial charge >= 0.3 is 0 Å². The highest BCUT2D eigenvalue weighted by Gasteiger charge is 2.21. The van der Waals surface area contributed by atoms with Crippen molar-refractivity contribution in [1.29, 1.82) is 5.26 Å². The number of nitrogens with zero attached hydrogens (tertiary/aromatic N) is 1. The fourth-order valence-corrected chi connectivity index (χ4v) is 3.04. The number of nitrogens with one attached hydrogen (secondary N) is 1. The van der Waals surface area contributed by atoms with Crippen LogP contribution in [0.3, 0.4) is 0 Å². The van der Waals surface area contributed by atoms with Gasteiger partial charge in [0.25, 0.3) is 10.0 Å². The average Bonchev–Trinajstić information content (AvgIpc) is 2.47. The lowest BCUT2D eigenvalue weighted by Gasteiger charge is -2.14. The summed E-state index contributed by atoms with van der Waals surface area (Å²) in [5.41, 5.74) is 6.06. The predicted molar refractivity (Wildman–Crippen MR) is 79.4 cm³/mol.